The van der Waals surface area contributed by atoms with Crippen LogP contribution in [0.2, 0.25) is 5.02 Å². The van der Waals surface area contributed by atoms with Crippen LogP contribution in [0.25, 0.3) is 10.9 Å². The average Bonchev–Trinajstić information content (AvgIpc) is 2.72. The number of unbranched alkanes of at least 4 members (excludes halogenated alkanes) is 1. The van der Waals surface area contributed by atoms with Crippen LogP contribution >= 0.6 is 11.6 Å². The highest BCUT2D eigenvalue weighted by molar-refractivity contribution is 6.31. The smallest absolute Gasteiger partial charge is 0.302 e. The van der Waals surface area contributed by atoms with Crippen LogP contribution in [0.15, 0.2) is 36.7 Å². The maximum atomic E-state index is 13.4. The molecule has 1 heterocycles. The Morgan fingerprint density at radius 2 is 1.93 bits per heavy atom. The summed E-state index contributed by atoms with van der Waals surface area (Å²) in [6, 6.07) is 7.87. The fraction of sp³-hybridized carbons (Fsp3) is 0.286. The van der Waals surface area contributed by atoms with Crippen molar-refractivity contribution in [1.29, 1.82) is 0 Å². The number of ether oxygens (including phenoxy) is 3. The predicted molar refractivity (Wildman–Crippen MR) is 112 cm³/mol. The maximum Gasteiger partial charge on any atom is 0.302 e. The van der Waals surface area contributed by atoms with Crippen LogP contribution in [-0.2, 0) is 9.53 Å². The summed E-state index contributed by atoms with van der Waals surface area (Å²) in [4.78, 5) is 19.3. The van der Waals surface area contributed by atoms with Gasteiger partial charge in [0.05, 0.1) is 30.9 Å². The molecule has 0 unspecified atom stereocenters. The Kier molecular flexibility index (Phi) is 7.24. The van der Waals surface area contributed by atoms with Crippen LogP contribution in [0, 0.1) is 5.82 Å². The van der Waals surface area contributed by atoms with Crippen LogP contribution in [-0.4, -0.2) is 36.3 Å². The van der Waals surface area contributed by atoms with Gasteiger partial charge in [0.25, 0.3) is 0 Å². The second-order valence-corrected chi connectivity index (χ2v) is 6.80. The number of nitrogens with zero attached hydrogens (tertiary/aromatic N) is 2. The first-order valence-corrected chi connectivity index (χ1v) is 9.66. The number of esters is 1. The van der Waals surface area contributed by atoms with Crippen LogP contribution in [0.3, 0.4) is 0 Å². The van der Waals surface area contributed by atoms with E-state index in [4.69, 9.17) is 25.8 Å². The highest BCUT2D eigenvalue weighted by Crippen LogP contribution is 2.35. The third kappa shape index (κ3) is 5.48. The fourth-order valence-electron chi connectivity index (χ4n) is 2.75. The van der Waals surface area contributed by atoms with Crippen LogP contribution < -0.4 is 14.8 Å². The van der Waals surface area contributed by atoms with Gasteiger partial charge in [-0.3, -0.25) is 4.79 Å². The third-order valence-corrected chi connectivity index (χ3v) is 4.49. The van der Waals surface area contributed by atoms with E-state index in [-0.39, 0.29) is 11.0 Å². The molecule has 0 bridgehead atoms. The van der Waals surface area contributed by atoms with Gasteiger partial charge in [-0.05, 0) is 37.1 Å². The van der Waals surface area contributed by atoms with Crippen molar-refractivity contribution in [2.45, 2.75) is 19.8 Å². The molecule has 0 atom stereocenters. The zero-order chi connectivity index (χ0) is 21.5. The number of hydrogen-bond acceptors (Lipinski definition) is 7. The van der Waals surface area contributed by atoms with E-state index in [1.54, 1.807) is 25.3 Å². The van der Waals surface area contributed by atoms with Gasteiger partial charge in [0, 0.05) is 24.1 Å². The van der Waals surface area contributed by atoms with Crippen molar-refractivity contribution in [2.24, 2.45) is 0 Å². The SMILES string of the molecule is COc1cc2c(Nc3ccc(F)c(Cl)c3)ncnc2cc1OCCCCOC(C)=O. The molecule has 0 aliphatic carbocycles. The van der Waals surface area contributed by atoms with Crippen molar-refractivity contribution in [2.75, 3.05) is 25.6 Å². The van der Waals surface area contributed by atoms with Crippen molar-refractivity contribution in [3.05, 3.63) is 47.5 Å². The van der Waals surface area contributed by atoms with Crippen LogP contribution in [0.4, 0.5) is 15.9 Å². The van der Waals surface area contributed by atoms with E-state index < -0.39 is 5.82 Å². The van der Waals surface area contributed by atoms with Crippen molar-refractivity contribution in [3.63, 3.8) is 0 Å². The lowest BCUT2D eigenvalue weighted by molar-refractivity contribution is -0.141. The number of aromatic nitrogens is 2. The molecule has 0 saturated heterocycles. The van der Waals surface area contributed by atoms with Crippen molar-refractivity contribution >= 4 is 40.0 Å². The number of halogens is 2. The number of carbonyl (C=O) groups is 1. The van der Waals surface area contributed by atoms with Crippen molar-refractivity contribution in [1.82, 2.24) is 9.97 Å². The van der Waals surface area contributed by atoms with Gasteiger partial charge >= 0.3 is 5.97 Å². The normalized spacial score (nSPS) is 10.7. The Morgan fingerprint density at radius 3 is 2.67 bits per heavy atom. The molecule has 1 aromatic heterocycles. The lowest BCUT2D eigenvalue weighted by Crippen LogP contribution is -2.04. The van der Waals surface area contributed by atoms with Gasteiger partial charge in [-0.2, -0.15) is 0 Å². The zero-order valence-electron chi connectivity index (χ0n) is 16.6. The molecule has 0 aliphatic rings. The second kappa shape index (κ2) is 10.1. The monoisotopic (exact) mass is 433 g/mol. The molecule has 158 valence electrons. The number of fused-ring (bicyclic) bond motifs is 1. The summed E-state index contributed by atoms with van der Waals surface area (Å²) in [5, 5.41) is 3.84. The molecule has 0 spiro atoms. The van der Waals surface area contributed by atoms with E-state index in [0.29, 0.717) is 53.5 Å². The second-order valence-electron chi connectivity index (χ2n) is 6.39. The topological polar surface area (TPSA) is 82.6 Å². The summed E-state index contributed by atoms with van der Waals surface area (Å²) in [5.41, 5.74) is 1.24. The van der Waals surface area contributed by atoms with Crippen LogP contribution in [0.5, 0.6) is 11.5 Å². The first kappa shape index (κ1) is 21.6. The lowest BCUT2D eigenvalue weighted by Gasteiger charge is -2.14. The minimum atomic E-state index is -0.494. The Balaban J connectivity index is 1.76. The number of carbonyl (C=O) groups excluding carboxylic acids is 1. The van der Waals surface area contributed by atoms with Crippen LogP contribution in [0.1, 0.15) is 19.8 Å². The number of nitrogens with one attached hydrogen (secondary N) is 1. The molecule has 0 aliphatic heterocycles. The molecule has 0 fully saturated rings. The van der Waals surface area contributed by atoms with E-state index in [1.807, 2.05) is 0 Å². The van der Waals surface area contributed by atoms with Gasteiger partial charge in [0.2, 0.25) is 0 Å². The van der Waals surface area contributed by atoms with Gasteiger partial charge in [-0.1, -0.05) is 11.6 Å². The van der Waals surface area contributed by atoms with Gasteiger partial charge in [-0.25, -0.2) is 14.4 Å². The van der Waals surface area contributed by atoms with E-state index in [9.17, 15) is 9.18 Å². The van der Waals surface area contributed by atoms with Crippen molar-refractivity contribution in [3.8, 4) is 11.5 Å². The molecule has 0 saturated carbocycles. The fourth-order valence-corrected chi connectivity index (χ4v) is 2.93. The molecular weight excluding hydrogens is 413 g/mol. The number of anilines is 2. The van der Waals surface area contributed by atoms with Gasteiger partial charge in [0.1, 0.15) is 18.0 Å². The third-order valence-electron chi connectivity index (χ3n) is 4.20. The average molecular weight is 434 g/mol. The molecule has 30 heavy (non-hydrogen) atoms. The molecule has 7 nitrogen and oxygen atoms in total. The Labute approximate surface area is 178 Å². The minimum absolute atomic E-state index is 0.0142. The highest BCUT2D eigenvalue weighted by atomic mass is 35.5. The molecule has 2 aromatic carbocycles. The minimum Gasteiger partial charge on any atom is -0.493 e. The first-order chi connectivity index (χ1) is 14.5. The highest BCUT2D eigenvalue weighted by Gasteiger charge is 2.12. The standard InChI is InChI=1S/C21H21ClFN3O4/c1-13(27)29-7-3-4-8-30-20-11-18-15(10-19(20)28-2)21(25-12-24-18)26-14-5-6-17(23)16(22)9-14/h5-6,9-12H,3-4,7-8H2,1-2H3,(H,24,25,26). The first-order valence-electron chi connectivity index (χ1n) is 9.29. The molecule has 1 N–H and O–H groups in total. The quantitative estimate of drug-likeness (QED) is 0.379. The molecule has 3 rings (SSSR count). The Bertz CT molecular complexity index is 1050. The van der Waals surface area contributed by atoms with Gasteiger partial charge in [0.15, 0.2) is 11.5 Å². The number of rotatable bonds is 9. The summed E-state index contributed by atoms with van der Waals surface area (Å²) in [7, 11) is 1.55. The zero-order valence-corrected chi connectivity index (χ0v) is 17.3. The van der Waals surface area contributed by atoms with E-state index in [1.165, 1.54) is 25.4 Å². The van der Waals surface area contributed by atoms with E-state index in [2.05, 4.69) is 15.3 Å². The number of methoxy groups -OCH3 is 1. The lowest BCUT2D eigenvalue weighted by atomic mass is 10.2. The molecule has 0 amide bonds. The summed E-state index contributed by atoms with van der Waals surface area (Å²) < 4.78 is 29.6. The van der Waals surface area contributed by atoms with Crippen molar-refractivity contribution < 1.29 is 23.4 Å². The summed E-state index contributed by atoms with van der Waals surface area (Å²) in [5.74, 6) is 0.809. The predicted octanol–water partition coefficient (Wildman–Crippen LogP) is 4.90. The summed E-state index contributed by atoms with van der Waals surface area (Å²) >= 11 is 5.85. The van der Waals surface area contributed by atoms with Gasteiger partial charge in [-0.15, -0.1) is 0 Å². The Morgan fingerprint density at radius 1 is 1.13 bits per heavy atom. The molecule has 3 aromatic rings. The van der Waals surface area contributed by atoms with Gasteiger partial charge < -0.3 is 19.5 Å². The molecule has 0 radical (unpaired) electrons. The number of hydrogen-bond donors (Lipinski definition) is 1. The van der Waals surface area contributed by atoms with E-state index >= 15 is 0 Å². The molecular formula is C21H21ClFN3O4. The number of benzene rings is 2. The summed E-state index contributed by atoms with van der Waals surface area (Å²) in [6.45, 7) is 2.18. The Hall–Kier alpha value is -3.13. The molecule has 9 heteroatoms. The van der Waals surface area contributed by atoms with E-state index in [0.717, 1.165) is 6.42 Å². The maximum absolute atomic E-state index is 13.4. The largest absolute Gasteiger partial charge is 0.493 e. The summed E-state index contributed by atoms with van der Waals surface area (Å²) in [6.07, 6.45) is 2.84.